The topological polar surface area (TPSA) is 67.3 Å². The molecular weight excluding hydrogens is 405 g/mol. The number of anilines is 2. The van der Waals surface area contributed by atoms with Crippen molar-refractivity contribution in [3.8, 4) is 0 Å². The van der Waals surface area contributed by atoms with Crippen LogP contribution in [0.2, 0.25) is 0 Å². The van der Waals surface area contributed by atoms with Gasteiger partial charge in [0.15, 0.2) is 5.13 Å². The zero-order valence-electron chi connectivity index (χ0n) is 16.4. The summed E-state index contributed by atoms with van der Waals surface area (Å²) in [4.78, 5) is 22.1. The molecule has 1 aliphatic rings. The number of hydrogen-bond acceptors (Lipinski definition) is 6. The van der Waals surface area contributed by atoms with Gasteiger partial charge in [0.2, 0.25) is 0 Å². The van der Waals surface area contributed by atoms with Crippen LogP contribution in [-0.2, 0) is 10.9 Å². The largest absolute Gasteiger partial charge is 0.444 e. The van der Waals surface area contributed by atoms with E-state index >= 15 is 0 Å². The minimum Gasteiger partial charge on any atom is -0.444 e. The molecule has 29 heavy (non-hydrogen) atoms. The minimum absolute atomic E-state index is 0.0533. The van der Waals surface area contributed by atoms with Crippen LogP contribution in [0.5, 0.6) is 0 Å². The highest BCUT2D eigenvalue weighted by Gasteiger charge is 2.33. The van der Waals surface area contributed by atoms with Gasteiger partial charge in [0.1, 0.15) is 17.1 Å². The maximum absolute atomic E-state index is 12.8. The number of likely N-dealkylation sites (tertiary alicyclic amines) is 1. The standard InChI is InChI=1S/C19H23F3N4O2S/c1-18(2,3)28-17(27)26-9-5-6-12(10-26)13-11-29-16(23-13)25-15-8-4-7-14(24-15)19(20,21)22/h4,7-8,11-12H,5-6,9-10H2,1-3H3,(H,23,24,25)/t12-/m1/s1. The summed E-state index contributed by atoms with van der Waals surface area (Å²) in [5, 5.41) is 5.15. The Morgan fingerprint density at radius 3 is 2.72 bits per heavy atom. The second-order valence-electron chi connectivity index (χ2n) is 7.87. The van der Waals surface area contributed by atoms with Gasteiger partial charge in [-0.15, -0.1) is 11.3 Å². The summed E-state index contributed by atoms with van der Waals surface area (Å²) in [6.07, 6.45) is -3.13. The molecule has 0 unspecified atom stereocenters. The first-order valence-corrected chi connectivity index (χ1v) is 10.1. The lowest BCUT2D eigenvalue weighted by Crippen LogP contribution is -2.42. The number of piperidine rings is 1. The number of hydrogen-bond donors (Lipinski definition) is 1. The van der Waals surface area contributed by atoms with Crippen LogP contribution in [0.25, 0.3) is 0 Å². The van der Waals surface area contributed by atoms with Crippen molar-refractivity contribution in [2.24, 2.45) is 0 Å². The highest BCUT2D eigenvalue weighted by atomic mass is 32.1. The van der Waals surface area contributed by atoms with Crippen molar-refractivity contribution < 1.29 is 22.7 Å². The third kappa shape index (κ3) is 5.81. The van der Waals surface area contributed by atoms with Crippen LogP contribution in [0, 0.1) is 0 Å². The highest BCUT2D eigenvalue weighted by Crippen LogP contribution is 2.32. The van der Waals surface area contributed by atoms with Crippen molar-refractivity contribution in [3.05, 3.63) is 35.0 Å². The van der Waals surface area contributed by atoms with Gasteiger partial charge in [-0.1, -0.05) is 6.07 Å². The first-order chi connectivity index (χ1) is 13.5. The van der Waals surface area contributed by atoms with E-state index < -0.39 is 17.5 Å². The van der Waals surface area contributed by atoms with Gasteiger partial charge in [0, 0.05) is 24.4 Å². The van der Waals surface area contributed by atoms with Gasteiger partial charge in [0.25, 0.3) is 0 Å². The summed E-state index contributed by atoms with van der Waals surface area (Å²) >= 11 is 1.29. The van der Waals surface area contributed by atoms with Crippen LogP contribution in [0.15, 0.2) is 23.6 Å². The maximum atomic E-state index is 12.8. The van der Waals surface area contributed by atoms with Crippen molar-refractivity contribution >= 4 is 28.4 Å². The number of nitrogens with one attached hydrogen (secondary N) is 1. The molecule has 0 aromatic carbocycles. The molecule has 0 spiro atoms. The SMILES string of the molecule is CC(C)(C)OC(=O)N1CCC[C@@H](c2csc(Nc3cccc(C(F)(F)F)n3)n2)C1. The third-order valence-electron chi connectivity index (χ3n) is 4.29. The number of halogens is 3. The van der Waals surface area contributed by atoms with E-state index in [1.807, 2.05) is 26.2 Å². The molecule has 1 atom stereocenters. The third-order valence-corrected chi connectivity index (χ3v) is 5.06. The Balaban J connectivity index is 1.66. The first-order valence-electron chi connectivity index (χ1n) is 9.26. The van der Waals surface area contributed by atoms with Gasteiger partial charge in [-0.25, -0.2) is 14.8 Å². The van der Waals surface area contributed by atoms with E-state index in [1.165, 1.54) is 23.5 Å². The number of carbonyl (C=O) groups is 1. The lowest BCUT2D eigenvalue weighted by atomic mass is 9.96. The fraction of sp³-hybridized carbons (Fsp3) is 0.526. The van der Waals surface area contributed by atoms with Crippen molar-refractivity contribution in [3.63, 3.8) is 0 Å². The van der Waals surface area contributed by atoms with Gasteiger partial charge >= 0.3 is 12.3 Å². The van der Waals surface area contributed by atoms with E-state index in [2.05, 4.69) is 15.3 Å². The molecule has 2 aromatic heterocycles. The Kier molecular flexibility index (Phi) is 6.02. The Labute approximate surface area is 171 Å². The van der Waals surface area contributed by atoms with E-state index in [1.54, 1.807) is 4.90 Å². The average Bonchev–Trinajstić information content (AvgIpc) is 3.08. The molecule has 3 rings (SSSR count). The van der Waals surface area contributed by atoms with Crippen LogP contribution < -0.4 is 5.32 Å². The van der Waals surface area contributed by atoms with Gasteiger partial charge in [-0.3, -0.25) is 0 Å². The Bertz CT molecular complexity index is 864. The van der Waals surface area contributed by atoms with Gasteiger partial charge in [-0.2, -0.15) is 13.2 Å². The molecule has 1 amide bonds. The molecule has 1 fully saturated rings. The molecular formula is C19H23F3N4O2S. The number of thiazole rings is 1. The number of carbonyl (C=O) groups excluding carboxylic acids is 1. The van der Waals surface area contributed by atoms with Crippen LogP contribution in [0.4, 0.5) is 28.9 Å². The van der Waals surface area contributed by atoms with E-state index in [9.17, 15) is 18.0 Å². The normalized spacial score (nSPS) is 17.9. The molecule has 2 aromatic rings. The number of amides is 1. The summed E-state index contributed by atoms with van der Waals surface area (Å²) in [5.74, 6) is 0.136. The van der Waals surface area contributed by atoms with E-state index in [-0.39, 0.29) is 17.8 Å². The van der Waals surface area contributed by atoms with Crippen molar-refractivity contribution in [2.45, 2.75) is 51.3 Å². The number of alkyl halides is 3. The molecule has 10 heteroatoms. The monoisotopic (exact) mass is 428 g/mol. The minimum atomic E-state index is -4.50. The highest BCUT2D eigenvalue weighted by molar-refractivity contribution is 7.13. The summed E-state index contributed by atoms with van der Waals surface area (Å²) in [6.45, 7) is 6.61. The number of pyridine rings is 1. The quantitative estimate of drug-likeness (QED) is 0.708. The molecule has 0 aliphatic carbocycles. The Hall–Kier alpha value is -2.36. The van der Waals surface area contributed by atoms with E-state index in [4.69, 9.17) is 4.74 Å². The summed E-state index contributed by atoms with van der Waals surface area (Å²) in [7, 11) is 0. The number of rotatable bonds is 3. The first kappa shape index (κ1) is 21.4. The molecule has 1 N–H and O–H groups in total. The van der Waals surface area contributed by atoms with Gasteiger partial charge < -0.3 is 15.0 Å². The van der Waals surface area contributed by atoms with Crippen LogP contribution >= 0.6 is 11.3 Å². The predicted octanol–water partition coefficient (Wildman–Crippen LogP) is 5.42. The van der Waals surface area contributed by atoms with E-state index in [0.717, 1.165) is 24.6 Å². The lowest BCUT2D eigenvalue weighted by molar-refractivity contribution is -0.141. The fourth-order valence-electron chi connectivity index (χ4n) is 3.01. The fourth-order valence-corrected chi connectivity index (χ4v) is 3.81. The molecule has 0 radical (unpaired) electrons. The molecule has 0 saturated carbocycles. The predicted molar refractivity (Wildman–Crippen MR) is 104 cm³/mol. The number of aromatic nitrogens is 2. The smallest absolute Gasteiger partial charge is 0.433 e. The van der Waals surface area contributed by atoms with E-state index in [0.29, 0.717) is 18.2 Å². The molecule has 1 saturated heterocycles. The Morgan fingerprint density at radius 2 is 2.03 bits per heavy atom. The molecule has 158 valence electrons. The number of nitrogens with zero attached hydrogens (tertiary/aromatic N) is 3. The average molecular weight is 428 g/mol. The van der Waals surface area contributed by atoms with Gasteiger partial charge in [0.05, 0.1) is 5.69 Å². The molecule has 1 aliphatic heterocycles. The molecule has 6 nitrogen and oxygen atoms in total. The van der Waals surface area contributed by atoms with Crippen molar-refractivity contribution in [1.82, 2.24) is 14.9 Å². The van der Waals surface area contributed by atoms with Crippen molar-refractivity contribution in [1.29, 1.82) is 0 Å². The zero-order chi connectivity index (χ0) is 21.2. The van der Waals surface area contributed by atoms with Crippen LogP contribution in [-0.4, -0.2) is 39.7 Å². The van der Waals surface area contributed by atoms with Crippen LogP contribution in [0.1, 0.15) is 50.9 Å². The molecule has 3 heterocycles. The summed E-state index contributed by atoms with van der Waals surface area (Å²) in [6, 6.07) is 3.68. The molecule has 0 bridgehead atoms. The maximum Gasteiger partial charge on any atom is 0.433 e. The lowest BCUT2D eigenvalue weighted by Gasteiger charge is -2.33. The number of ether oxygens (including phenoxy) is 1. The summed E-state index contributed by atoms with van der Waals surface area (Å²) < 4.78 is 43.9. The Morgan fingerprint density at radius 1 is 1.28 bits per heavy atom. The zero-order valence-corrected chi connectivity index (χ0v) is 17.2. The second kappa shape index (κ2) is 8.17. The van der Waals surface area contributed by atoms with Gasteiger partial charge in [-0.05, 0) is 45.7 Å². The van der Waals surface area contributed by atoms with Crippen LogP contribution in [0.3, 0.4) is 0 Å². The second-order valence-corrected chi connectivity index (χ2v) is 8.73. The van der Waals surface area contributed by atoms with Crippen molar-refractivity contribution in [2.75, 3.05) is 18.4 Å². The summed E-state index contributed by atoms with van der Waals surface area (Å²) in [5.41, 5.74) is -0.711.